The molecule has 0 fully saturated rings. The highest BCUT2D eigenvalue weighted by molar-refractivity contribution is 8.00. The van der Waals surface area contributed by atoms with E-state index in [1.165, 1.54) is 26.0 Å². The van der Waals surface area contributed by atoms with Gasteiger partial charge in [-0.05, 0) is 24.5 Å². The predicted molar refractivity (Wildman–Crippen MR) is 114 cm³/mol. The van der Waals surface area contributed by atoms with Gasteiger partial charge in [0.15, 0.2) is 5.16 Å². The van der Waals surface area contributed by atoms with Gasteiger partial charge in [0, 0.05) is 6.21 Å². The lowest BCUT2D eigenvalue weighted by atomic mass is 9.92. The monoisotopic (exact) mass is 438 g/mol. The van der Waals surface area contributed by atoms with Gasteiger partial charge in [0.05, 0.1) is 30.4 Å². The maximum atomic E-state index is 12.4. The smallest absolute Gasteiger partial charge is 0.276 e. The van der Waals surface area contributed by atoms with E-state index in [0.717, 1.165) is 5.56 Å². The molecular weight excluding hydrogens is 412 g/mol. The van der Waals surface area contributed by atoms with E-state index < -0.39 is 10.0 Å². The summed E-state index contributed by atoms with van der Waals surface area (Å²) in [5.74, 6) is 0.757. The first kappa shape index (κ1) is 23.0. The average molecular weight is 439 g/mol. The Labute approximate surface area is 176 Å². The number of aryl methyl sites for hydroxylation is 1. The quantitative estimate of drug-likeness (QED) is 0.292. The first-order valence-corrected chi connectivity index (χ1v) is 11.2. The molecule has 0 spiro atoms. The molecule has 2 rings (SSSR count). The Morgan fingerprint density at radius 3 is 2.14 bits per heavy atom. The van der Waals surface area contributed by atoms with Gasteiger partial charge < -0.3 is 9.47 Å². The topological polar surface area (TPSA) is 103 Å². The molecule has 0 amide bonds. The number of nitrogens with zero attached hydrogens (tertiary/aromatic N) is 3. The molecule has 2 aromatic rings. The Balaban J connectivity index is 2.20. The van der Waals surface area contributed by atoms with E-state index in [4.69, 9.17) is 9.47 Å². The SMILES string of the molecule is COc1cc(OC)nc(SC(C=NNS(=O)(=O)c2ccc(C)cc2)C(C)(C)C)n1. The highest BCUT2D eigenvalue weighted by Gasteiger charge is 2.26. The predicted octanol–water partition coefficient (Wildman–Crippen LogP) is 3.27. The molecule has 0 aliphatic carbocycles. The number of rotatable bonds is 8. The summed E-state index contributed by atoms with van der Waals surface area (Å²) in [5.41, 5.74) is 0.730. The second-order valence-corrected chi connectivity index (χ2v) is 10.1. The summed E-state index contributed by atoms with van der Waals surface area (Å²) < 4.78 is 35.2. The zero-order valence-electron chi connectivity index (χ0n) is 17.3. The molecule has 0 aliphatic heterocycles. The number of ether oxygens (including phenoxy) is 2. The molecule has 1 aromatic heterocycles. The number of sulfonamides is 1. The van der Waals surface area contributed by atoms with Crippen molar-refractivity contribution in [2.45, 2.75) is 43.0 Å². The zero-order chi connectivity index (χ0) is 21.7. The standard InChI is InChI=1S/C19H26N4O4S2/c1-13-7-9-14(10-8-13)29(24,25)23-20-12-15(19(2,3)4)28-18-21-16(26-5)11-17(22-18)27-6/h7-12,15,23H,1-6H3. The number of hydrogen-bond donors (Lipinski definition) is 1. The van der Waals surface area contributed by atoms with Crippen molar-refractivity contribution < 1.29 is 17.9 Å². The highest BCUT2D eigenvalue weighted by Crippen LogP contribution is 2.34. The third kappa shape index (κ3) is 6.60. The summed E-state index contributed by atoms with van der Waals surface area (Å²) in [5, 5.41) is 4.20. The minimum absolute atomic E-state index is 0.154. The van der Waals surface area contributed by atoms with Crippen LogP contribution in [0.1, 0.15) is 26.3 Å². The molecule has 29 heavy (non-hydrogen) atoms. The Hall–Kier alpha value is -2.33. The molecule has 0 bridgehead atoms. The Kier molecular flexibility index (Phi) is 7.48. The van der Waals surface area contributed by atoms with E-state index in [1.54, 1.807) is 36.5 Å². The Morgan fingerprint density at radius 1 is 1.10 bits per heavy atom. The number of methoxy groups -OCH3 is 2. The van der Waals surface area contributed by atoms with Crippen LogP contribution in [0.3, 0.4) is 0 Å². The zero-order valence-corrected chi connectivity index (χ0v) is 19.0. The lowest BCUT2D eigenvalue weighted by Crippen LogP contribution is -2.27. The van der Waals surface area contributed by atoms with Crippen molar-refractivity contribution in [2.75, 3.05) is 14.2 Å². The molecule has 8 nitrogen and oxygen atoms in total. The molecule has 1 heterocycles. The van der Waals surface area contributed by atoms with E-state index in [9.17, 15) is 8.42 Å². The largest absolute Gasteiger partial charge is 0.481 e. The van der Waals surface area contributed by atoms with Crippen LogP contribution < -0.4 is 14.3 Å². The first-order chi connectivity index (χ1) is 13.5. The maximum Gasteiger partial charge on any atom is 0.276 e. The lowest BCUT2D eigenvalue weighted by Gasteiger charge is -2.26. The van der Waals surface area contributed by atoms with Crippen molar-refractivity contribution in [3.8, 4) is 11.8 Å². The minimum atomic E-state index is -3.74. The van der Waals surface area contributed by atoms with Gasteiger partial charge in [-0.2, -0.15) is 23.5 Å². The molecule has 1 N–H and O–H groups in total. The summed E-state index contributed by atoms with van der Waals surface area (Å²) in [6.45, 7) is 7.94. The average Bonchev–Trinajstić information content (AvgIpc) is 2.66. The molecule has 0 saturated carbocycles. The number of hydrogen-bond acceptors (Lipinski definition) is 8. The van der Waals surface area contributed by atoms with Crippen LogP contribution in [-0.2, 0) is 10.0 Å². The first-order valence-electron chi connectivity index (χ1n) is 8.80. The van der Waals surface area contributed by atoms with Crippen LogP contribution in [0.4, 0.5) is 0 Å². The van der Waals surface area contributed by atoms with Crippen molar-refractivity contribution in [1.29, 1.82) is 0 Å². The molecule has 1 atom stereocenters. The van der Waals surface area contributed by atoms with Gasteiger partial charge in [0.25, 0.3) is 10.0 Å². The van der Waals surface area contributed by atoms with Crippen molar-refractivity contribution >= 4 is 28.0 Å². The van der Waals surface area contributed by atoms with E-state index in [2.05, 4.69) is 19.9 Å². The molecular formula is C19H26N4O4S2. The van der Waals surface area contributed by atoms with E-state index in [1.807, 2.05) is 27.7 Å². The van der Waals surface area contributed by atoms with E-state index in [-0.39, 0.29) is 15.6 Å². The third-order valence-electron chi connectivity index (χ3n) is 3.88. The maximum absolute atomic E-state index is 12.4. The Morgan fingerprint density at radius 2 is 1.66 bits per heavy atom. The second kappa shape index (κ2) is 9.45. The molecule has 158 valence electrons. The van der Waals surface area contributed by atoms with Gasteiger partial charge in [-0.1, -0.05) is 50.2 Å². The van der Waals surface area contributed by atoms with Crippen molar-refractivity contribution in [3.05, 3.63) is 35.9 Å². The summed E-state index contributed by atoms with van der Waals surface area (Å²) in [6.07, 6.45) is 1.55. The van der Waals surface area contributed by atoms with Gasteiger partial charge in [-0.3, -0.25) is 0 Å². The van der Waals surface area contributed by atoms with Gasteiger partial charge in [0.2, 0.25) is 11.8 Å². The van der Waals surface area contributed by atoms with Crippen molar-refractivity contribution in [2.24, 2.45) is 10.5 Å². The van der Waals surface area contributed by atoms with E-state index in [0.29, 0.717) is 16.9 Å². The normalized spacial score (nSPS) is 13.3. The minimum Gasteiger partial charge on any atom is -0.481 e. The highest BCUT2D eigenvalue weighted by atomic mass is 32.2. The summed E-state index contributed by atoms with van der Waals surface area (Å²) in [6, 6.07) is 8.14. The number of hydrazone groups is 1. The van der Waals surface area contributed by atoms with Gasteiger partial charge >= 0.3 is 0 Å². The Bertz CT molecular complexity index is 933. The lowest BCUT2D eigenvalue weighted by molar-refractivity contribution is 0.364. The van der Waals surface area contributed by atoms with E-state index >= 15 is 0 Å². The molecule has 1 unspecified atom stereocenters. The van der Waals surface area contributed by atoms with Crippen molar-refractivity contribution in [1.82, 2.24) is 14.8 Å². The molecule has 0 saturated heterocycles. The number of aromatic nitrogens is 2. The second-order valence-electron chi connectivity index (χ2n) is 7.33. The fourth-order valence-corrected chi connectivity index (χ4v) is 3.91. The molecule has 1 aromatic carbocycles. The van der Waals surface area contributed by atoms with Gasteiger partial charge in [-0.25, -0.2) is 4.83 Å². The van der Waals surface area contributed by atoms with Crippen LogP contribution in [-0.4, -0.2) is 44.1 Å². The molecule has 0 aliphatic rings. The fourth-order valence-electron chi connectivity index (χ4n) is 2.13. The van der Waals surface area contributed by atoms with Crippen LogP contribution in [0.25, 0.3) is 0 Å². The van der Waals surface area contributed by atoms with Crippen molar-refractivity contribution in [3.63, 3.8) is 0 Å². The summed E-state index contributed by atoms with van der Waals surface area (Å²) in [7, 11) is -0.715. The van der Waals surface area contributed by atoms with Gasteiger partial charge in [-0.15, -0.1) is 0 Å². The number of benzene rings is 1. The summed E-state index contributed by atoms with van der Waals surface area (Å²) in [4.78, 5) is 11.1. The number of thioether (sulfide) groups is 1. The van der Waals surface area contributed by atoms with Crippen LogP contribution in [0.2, 0.25) is 0 Å². The van der Waals surface area contributed by atoms with Crippen LogP contribution in [0.15, 0.2) is 45.5 Å². The van der Waals surface area contributed by atoms with Gasteiger partial charge in [0.1, 0.15) is 0 Å². The van der Waals surface area contributed by atoms with Crippen LogP contribution in [0, 0.1) is 12.3 Å². The third-order valence-corrected chi connectivity index (χ3v) is 6.59. The van der Waals surface area contributed by atoms with Crippen LogP contribution >= 0.6 is 11.8 Å². The summed E-state index contributed by atoms with van der Waals surface area (Å²) >= 11 is 1.34. The van der Waals surface area contributed by atoms with Crippen LogP contribution in [0.5, 0.6) is 11.8 Å². The fraction of sp³-hybridized carbons (Fsp3) is 0.421. The number of nitrogens with one attached hydrogen (secondary N) is 1. The molecule has 0 radical (unpaired) electrons. The molecule has 10 heteroatoms.